The third-order valence-electron chi connectivity index (χ3n) is 6.78. The third kappa shape index (κ3) is 5.40. The summed E-state index contributed by atoms with van der Waals surface area (Å²) in [4.78, 5) is 35.8. The number of halogens is 3. The van der Waals surface area contributed by atoms with E-state index in [0.29, 0.717) is 11.3 Å². The molecule has 3 amide bonds. The number of H-pyrrole nitrogens is 1. The lowest BCUT2D eigenvalue weighted by molar-refractivity contribution is -0.129. The second-order valence-corrected chi connectivity index (χ2v) is 10.1. The van der Waals surface area contributed by atoms with Crippen molar-refractivity contribution in [2.75, 3.05) is 13.2 Å². The molecule has 0 spiro atoms. The molecule has 0 bridgehead atoms. The van der Waals surface area contributed by atoms with Crippen molar-refractivity contribution >= 4 is 35.1 Å². The molecule has 1 aromatic heterocycles. The van der Waals surface area contributed by atoms with E-state index in [-0.39, 0.29) is 40.5 Å². The summed E-state index contributed by atoms with van der Waals surface area (Å²) in [6.45, 7) is 1.89. The minimum absolute atomic E-state index is 0.0106. The number of imide groups is 1. The second-order valence-electron chi connectivity index (χ2n) is 9.29. The summed E-state index contributed by atoms with van der Waals surface area (Å²) in [5, 5.41) is 11.9. The molecule has 4 aromatic rings. The molecule has 1 aliphatic rings. The van der Waals surface area contributed by atoms with E-state index in [1.54, 1.807) is 24.3 Å². The lowest BCUT2D eigenvalue weighted by Crippen LogP contribution is -2.38. The Morgan fingerprint density at radius 2 is 1.80 bits per heavy atom. The number of carbonyl (C=O) groups is 2. The average molecular weight is 583 g/mol. The van der Waals surface area contributed by atoms with Gasteiger partial charge >= 0.3 is 6.03 Å². The largest absolute Gasteiger partial charge is 0.491 e. The summed E-state index contributed by atoms with van der Waals surface area (Å²) in [6, 6.07) is 17.8. The van der Waals surface area contributed by atoms with Crippen LogP contribution >= 0.6 is 23.2 Å². The van der Waals surface area contributed by atoms with Gasteiger partial charge < -0.3 is 20.1 Å². The summed E-state index contributed by atoms with van der Waals surface area (Å²) in [6.07, 6.45) is 0. The van der Waals surface area contributed by atoms with Gasteiger partial charge in [0.15, 0.2) is 5.15 Å². The molecule has 11 heteroatoms. The number of nitrogens with one attached hydrogen (secondary N) is 2. The van der Waals surface area contributed by atoms with Gasteiger partial charge in [-0.1, -0.05) is 72.6 Å². The zero-order chi connectivity index (χ0) is 28.4. The van der Waals surface area contributed by atoms with Crippen molar-refractivity contribution in [2.24, 2.45) is 0 Å². The van der Waals surface area contributed by atoms with Gasteiger partial charge in [0.25, 0.3) is 5.91 Å². The highest BCUT2D eigenvalue weighted by atomic mass is 35.5. The highest BCUT2D eigenvalue weighted by Crippen LogP contribution is 2.41. The minimum atomic E-state index is -0.941. The van der Waals surface area contributed by atoms with Crippen molar-refractivity contribution in [1.29, 1.82) is 0 Å². The number of amides is 3. The van der Waals surface area contributed by atoms with Crippen LogP contribution in [0.15, 0.2) is 72.8 Å². The van der Waals surface area contributed by atoms with E-state index in [0.717, 1.165) is 10.5 Å². The zero-order valence-electron chi connectivity index (χ0n) is 21.3. The molecule has 0 unspecified atom stereocenters. The van der Waals surface area contributed by atoms with Gasteiger partial charge in [-0.05, 0) is 41.5 Å². The molecule has 5 rings (SSSR count). The minimum Gasteiger partial charge on any atom is -0.491 e. The number of imidazole rings is 1. The van der Waals surface area contributed by atoms with E-state index >= 15 is 0 Å². The number of carbonyl (C=O) groups excluding carboxylic acids is 2. The smallest absolute Gasteiger partial charge is 0.325 e. The number of benzene rings is 3. The normalized spacial score (nSPS) is 16.6. The Bertz CT molecular complexity index is 1530. The fourth-order valence-electron chi connectivity index (χ4n) is 4.80. The van der Waals surface area contributed by atoms with E-state index in [1.165, 1.54) is 18.2 Å². The van der Waals surface area contributed by atoms with Crippen LogP contribution in [0.5, 0.6) is 5.75 Å². The predicted octanol–water partition coefficient (Wildman–Crippen LogP) is 6.03. The number of aliphatic hydroxyl groups excluding tert-OH is 1. The van der Waals surface area contributed by atoms with Crippen molar-refractivity contribution in [3.8, 4) is 17.0 Å². The van der Waals surface area contributed by atoms with Gasteiger partial charge in [0.05, 0.1) is 12.3 Å². The topological polar surface area (TPSA) is 108 Å². The number of aromatic nitrogens is 2. The van der Waals surface area contributed by atoms with Crippen molar-refractivity contribution in [1.82, 2.24) is 20.2 Å². The van der Waals surface area contributed by atoms with Crippen LogP contribution in [0.1, 0.15) is 41.9 Å². The Labute approximate surface area is 239 Å². The lowest BCUT2D eigenvalue weighted by Gasteiger charge is -2.29. The Hall–Kier alpha value is -3.92. The Kier molecular flexibility index (Phi) is 8.07. The fraction of sp³-hybridized carbons (Fsp3) is 0.207. The van der Waals surface area contributed by atoms with Gasteiger partial charge in [-0.3, -0.25) is 9.69 Å². The molecule has 3 aromatic carbocycles. The van der Waals surface area contributed by atoms with Gasteiger partial charge in [-0.15, -0.1) is 0 Å². The maximum atomic E-state index is 14.8. The van der Waals surface area contributed by atoms with E-state index < -0.39 is 35.8 Å². The van der Waals surface area contributed by atoms with E-state index in [9.17, 15) is 14.0 Å². The number of aliphatic hydroxyl groups is 1. The van der Waals surface area contributed by atoms with Gasteiger partial charge in [-0.25, -0.2) is 14.2 Å². The average Bonchev–Trinajstić information content (AvgIpc) is 3.47. The van der Waals surface area contributed by atoms with Crippen LogP contribution in [0.4, 0.5) is 9.18 Å². The van der Waals surface area contributed by atoms with Crippen LogP contribution in [0, 0.1) is 5.82 Å². The predicted molar refractivity (Wildman–Crippen MR) is 149 cm³/mol. The molecule has 0 aliphatic carbocycles. The van der Waals surface area contributed by atoms with Gasteiger partial charge in [0.1, 0.15) is 36.1 Å². The molecule has 1 fully saturated rings. The van der Waals surface area contributed by atoms with Crippen LogP contribution in [0.2, 0.25) is 10.2 Å². The molecule has 40 heavy (non-hydrogen) atoms. The molecule has 8 nitrogen and oxygen atoms in total. The first-order chi connectivity index (χ1) is 19.3. The maximum absolute atomic E-state index is 14.8. The van der Waals surface area contributed by atoms with Crippen molar-refractivity contribution in [3.05, 3.63) is 106 Å². The number of hydrogen-bond acceptors (Lipinski definition) is 5. The molecule has 3 N–H and O–H groups in total. The molecular weight excluding hydrogens is 558 g/mol. The first-order valence-corrected chi connectivity index (χ1v) is 13.3. The van der Waals surface area contributed by atoms with Crippen LogP contribution in [0.25, 0.3) is 11.3 Å². The van der Waals surface area contributed by atoms with Crippen LogP contribution in [0.3, 0.4) is 0 Å². The Morgan fingerprint density at radius 3 is 2.48 bits per heavy atom. The van der Waals surface area contributed by atoms with Crippen LogP contribution in [-0.4, -0.2) is 45.1 Å². The summed E-state index contributed by atoms with van der Waals surface area (Å²) >= 11 is 12.4. The molecule has 2 heterocycles. The van der Waals surface area contributed by atoms with Crippen LogP contribution in [-0.2, 0) is 4.79 Å². The first kappa shape index (κ1) is 27.6. The third-order valence-corrected chi connectivity index (χ3v) is 7.29. The molecule has 1 saturated heterocycles. The zero-order valence-corrected chi connectivity index (χ0v) is 22.8. The number of urea groups is 1. The quantitative estimate of drug-likeness (QED) is 0.209. The van der Waals surface area contributed by atoms with E-state index in [4.69, 9.17) is 33.0 Å². The number of rotatable bonds is 9. The molecule has 3 atom stereocenters. The summed E-state index contributed by atoms with van der Waals surface area (Å²) < 4.78 is 20.2. The summed E-state index contributed by atoms with van der Waals surface area (Å²) in [5.41, 5.74) is 1.77. The Balaban J connectivity index is 1.53. The first-order valence-electron chi connectivity index (χ1n) is 12.5. The fourth-order valence-corrected chi connectivity index (χ4v) is 5.20. The maximum Gasteiger partial charge on any atom is 0.325 e. The highest BCUT2D eigenvalue weighted by molar-refractivity contribution is 6.32. The van der Waals surface area contributed by atoms with Gasteiger partial charge in [0.2, 0.25) is 0 Å². The Morgan fingerprint density at radius 1 is 1.07 bits per heavy atom. The van der Waals surface area contributed by atoms with E-state index in [1.807, 2.05) is 37.3 Å². The molecule has 0 radical (unpaired) electrons. The van der Waals surface area contributed by atoms with Crippen molar-refractivity contribution in [2.45, 2.75) is 24.9 Å². The number of hydrogen-bond donors (Lipinski definition) is 3. The summed E-state index contributed by atoms with van der Waals surface area (Å²) in [5.74, 6) is -0.738. The monoisotopic (exact) mass is 582 g/mol. The van der Waals surface area contributed by atoms with Crippen molar-refractivity contribution in [3.63, 3.8) is 0 Å². The van der Waals surface area contributed by atoms with Crippen molar-refractivity contribution < 1.29 is 23.8 Å². The van der Waals surface area contributed by atoms with Gasteiger partial charge in [-0.2, -0.15) is 0 Å². The number of nitrogens with zero attached hydrogens (tertiary/aromatic N) is 2. The summed E-state index contributed by atoms with van der Waals surface area (Å²) in [7, 11) is 0. The number of aromatic amines is 1. The second kappa shape index (κ2) is 11.7. The highest BCUT2D eigenvalue weighted by Gasteiger charge is 2.46. The SMILES string of the molecule is C[C@H](c1ccccc1)[C@@H](c1nc(Cl)c(-c2ccc(Cl)cc2F)[nH]1)N1C(=O)N[C@H](c2ccc(OCCO)cc2)C1=O. The molecule has 206 valence electrons. The molecular formula is C29H25Cl2FN4O4. The van der Waals surface area contributed by atoms with Crippen LogP contribution < -0.4 is 10.1 Å². The lowest BCUT2D eigenvalue weighted by atomic mass is 9.91. The number of ether oxygens (including phenoxy) is 1. The molecule has 0 saturated carbocycles. The van der Waals surface area contributed by atoms with E-state index in [2.05, 4.69) is 15.3 Å². The molecule has 1 aliphatic heterocycles. The standard InChI is InChI=1S/C29H25Cl2FN4O4/c1-16(17-5-3-2-4-6-17)25(27-33-24(26(31)35-27)21-12-9-19(30)15-22(21)32)36-28(38)23(34-29(36)39)18-7-10-20(11-8-18)40-14-13-37/h2-12,15-16,23,25,37H,13-14H2,1H3,(H,33,35)(H,34,39)/t16-,23-,25+/m1/s1. The van der Waals surface area contributed by atoms with Gasteiger partial charge in [0, 0.05) is 16.5 Å².